The minimum absolute atomic E-state index is 0.131. The zero-order valence-corrected chi connectivity index (χ0v) is 18.8. The van der Waals surface area contributed by atoms with Crippen molar-refractivity contribution in [1.82, 2.24) is 20.1 Å². The minimum atomic E-state index is -0.434. The number of hydrogen-bond acceptors (Lipinski definition) is 6. The molecule has 0 unspecified atom stereocenters. The van der Waals surface area contributed by atoms with E-state index in [1.165, 1.54) is 36.0 Å². The highest BCUT2D eigenvalue weighted by Gasteiger charge is 2.20. The summed E-state index contributed by atoms with van der Waals surface area (Å²) in [6.45, 7) is 4.29. The Balaban J connectivity index is 1.63. The van der Waals surface area contributed by atoms with Crippen molar-refractivity contribution < 1.29 is 18.7 Å². The van der Waals surface area contributed by atoms with Gasteiger partial charge in [-0.1, -0.05) is 23.9 Å². The lowest BCUT2D eigenvalue weighted by Crippen LogP contribution is -2.28. The second kappa shape index (κ2) is 10.8. The predicted molar refractivity (Wildman–Crippen MR) is 120 cm³/mol. The molecule has 2 aromatic carbocycles. The van der Waals surface area contributed by atoms with Crippen LogP contribution >= 0.6 is 11.8 Å². The zero-order valence-electron chi connectivity index (χ0n) is 18.0. The first-order valence-electron chi connectivity index (χ1n) is 9.98. The fraction of sp³-hybridized carbons (Fsp3) is 0.273. The van der Waals surface area contributed by atoms with Crippen LogP contribution in [-0.4, -0.2) is 39.4 Å². The number of ether oxygens (including phenoxy) is 1. The first-order valence-corrected chi connectivity index (χ1v) is 11.0. The van der Waals surface area contributed by atoms with E-state index in [0.29, 0.717) is 34.5 Å². The number of rotatable bonds is 9. The van der Waals surface area contributed by atoms with Crippen molar-refractivity contribution in [2.75, 3.05) is 18.2 Å². The summed E-state index contributed by atoms with van der Waals surface area (Å²) in [5.74, 6) is 0.327. The number of methoxy groups -OCH3 is 1. The number of para-hydroxylation sites is 2. The summed E-state index contributed by atoms with van der Waals surface area (Å²) in [6, 6.07) is 12.0. The van der Waals surface area contributed by atoms with Crippen LogP contribution in [0, 0.1) is 5.82 Å². The summed E-state index contributed by atoms with van der Waals surface area (Å²) in [5, 5.41) is 14.6. The van der Waals surface area contributed by atoms with Crippen LogP contribution in [0.2, 0.25) is 0 Å². The summed E-state index contributed by atoms with van der Waals surface area (Å²) in [7, 11) is 1.54. The summed E-state index contributed by atoms with van der Waals surface area (Å²) >= 11 is 1.25. The van der Waals surface area contributed by atoms with Crippen molar-refractivity contribution >= 4 is 29.3 Å². The van der Waals surface area contributed by atoms with Crippen molar-refractivity contribution in [3.05, 3.63) is 65.7 Å². The molecule has 0 saturated heterocycles. The van der Waals surface area contributed by atoms with Gasteiger partial charge in [0.05, 0.1) is 24.6 Å². The Morgan fingerprint density at radius 2 is 1.88 bits per heavy atom. The van der Waals surface area contributed by atoms with E-state index in [1.54, 1.807) is 26.2 Å². The number of thioether (sulfide) groups is 1. The molecule has 0 saturated carbocycles. The smallest absolute Gasteiger partial charge is 0.251 e. The van der Waals surface area contributed by atoms with Gasteiger partial charge in [0.25, 0.3) is 5.91 Å². The Morgan fingerprint density at radius 3 is 2.56 bits per heavy atom. The second-order valence-electron chi connectivity index (χ2n) is 6.82. The van der Waals surface area contributed by atoms with Gasteiger partial charge in [-0.2, -0.15) is 0 Å². The fourth-order valence-electron chi connectivity index (χ4n) is 3.03. The Kier molecular flexibility index (Phi) is 7.82. The molecule has 0 bridgehead atoms. The average molecular weight is 458 g/mol. The largest absolute Gasteiger partial charge is 0.495 e. The molecule has 3 rings (SSSR count). The van der Waals surface area contributed by atoms with E-state index in [-0.39, 0.29) is 17.6 Å². The molecule has 2 N–H and O–H groups in total. The first kappa shape index (κ1) is 23.3. The molecule has 0 aliphatic heterocycles. The number of carbonyl (C=O) groups excluding carboxylic acids is 2. The van der Waals surface area contributed by atoms with E-state index in [9.17, 15) is 14.0 Å². The molecule has 32 heavy (non-hydrogen) atoms. The lowest BCUT2D eigenvalue weighted by Gasteiger charge is -2.15. The van der Waals surface area contributed by atoms with Crippen molar-refractivity contribution in [2.24, 2.45) is 0 Å². The molecule has 8 nitrogen and oxygen atoms in total. The molecule has 0 fully saturated rings. The Bertz CT molecular complexity index is 1090. The number of aromatic nitrogens is 3. The third-order valence-corrected chi connectivity index (χ3v) is 5.58. The summed E-state index contributed by atoms with van der Waals surface area (Å²) in [6.07, 6.45) is 0. The van der Waals surface area contributed by atoms with Gasteiger partial charge in [-0.25, -0.2) is 4.39 Å². The number of carbonyl (C=O) groups is 2. The number of benzene rings is 2. The van der Waals surface area contributed by atoms with Crippen molar-refractivity contribution in [2.45, 2.75) is 31.6 Å². The van der Waals surface area contributed by atoms with E-state index in [0.717, 1.165) is 0 Å². The highest BCUT2D eigenvalue weighted by Crippen LogP contribution is 2.25. The molecule has 1 aromatic heterocycles. The molecule has 3 aromatic rings. The summed E-state index contributed by atoms with van der Waals surface area (Å²) in [5.41, 5.74) is 0.943. The lowest BCUT2D eigenvalue weighted by molar-refractivity contribution is -0.113. The van der Waals surface area contributed by atoms with Gasteiger partial charge in [-0.05, 0) is 50.2 Å². The molecule has 0 aliphatic rings. The van der Waals surface area contributed by atoms with Crippen LogP contribution in [-0.2, 0) is 11.3 Å². The van der Waals surface area contributed by atoms with Gasteiger partial charge >= 0.3 is 0 Å². The van der Waals surface area contributed by atoms with Gasteiger partial charge in [-0.3, -0.25) is 9.59 Å². The molecular weight excluding hydrogens is 433 g/mol. The standard InChI is InChI=1S/C22H24FN5O3S/c1-4-28-20(14(2)24-21(30)15-9-11-16(23)12-10-15)26-27-22(28)32-13-19(29)25-17-7-5-6-8-18(17)31-3/h5-12,14H,4,13H2,1-3H3,(H,24,30)(H,25,29)/t14-/m0/s1. The van der Waals surface area contributed by atoms with E-state index in [4.69, 9.17) is 4.74 Å². The maximum absolute atomic E-state index is 13.1. The van der Waals surface area contributed by atoms with Crippen LogP contribution in [0.1, 0.15) is 36.1 Å². The normalized spacial score (nSPS) is 11.6. The molecular formula is C22H24FN5O3S. The third kappa shape index (κ3) is 5.64. The van der Waals surface area contributed by atoms with Gasteiger partial charge in [0, 0.05) is 12.1 Å². The lowest BCUT2D eigenvalue weighted by atomic mass is 10.2. The van der Waals surface area contributed by atoms with Crippen molar-refractivity contribution in [3.63, 3.8) is 0 Å². The van der Waals surface area contributed by atoms with Crippen LogP contribution in [0.4, 0.5) is 10.1 Å². The van der Waals surface area contributed by atoms with Gasteiger partial charge in [0.2, 0.25) is 5.91 Å². The number of hydrogen-bond donors (Lipinski definition) is 2. The topological polar surface area (TPSA) is 98.1 Å². The fourth-order valence-corrected chi connectivity index (χ4v) is 3.84. The number of anilines is 1. The van der Waals surface area contributed by atoms with E-state index in [1.807, 2.05) is 23.6 Å². The van der Waals surface area contributed by atoms with Crippen LogP contribution in [0.25, 0.3) is 0 Å². The number of halogens is 1. The maximum atomic E-state index is 13.1. The summed E-state index contributed by atoms with van der Waals surface area (Å²) < 4.78 is 20.2. The van der Waals surface area contributed by atoms with Gasteiger partial charge in [0.1, 0.15) is 11.6 Å². The maximum Gasteiger partial charge on any atom is 0.251 e. The Hall–Kier alpha value is -3.40. The highest BCUT2D eigenvalue weighted by atomic mass is 32.2. The van der Waals surface area contributed by atoms with E-state index < -0.39 is 11.9 Å². The molecule has 0 spiro atoms. The highest BCUT2D eigenvalue weighted by molar-refractivity contribution is 7.99. The minimum Gasteiger partial charge on any atom is -0.495 e. The van der Waals surface area contributed by atoms with Crippen LogP contribution in [0.15, 0.2) is 53.7 Å². The van der Waals surface area contributed by atoms with Crippen LogP contribution in [0.5, 0.6) is 5.75 Å². The van der Waals surface area contributed by atoms with Crippen molar-refractivity contribution in [1.29, 1.82) is 0 Å². The van der Waals surface area contributed by atoms with E-state index >= 15 is 0 Å². The van der Waals surface area contributed by atoms with Gasteiger partial charge < -0.3 is 19.9 Å². The molecule has 0 aliphatic carbocycles. The third-order valence-electron chi connectivity index (χ3n) is 4.62. The second-order valence-corrected chi connectivity index (χ2v) is 7.77. The molecule has 0 radical (unpaired) electrons. The number of nitrogens with one attached hydrogen (secondary N) is 2. The average Bonchev–Trinajstić information content (AvgIpc) is 3.21. The van der Waals surface area contributed by atoms with Gasteiger partial charge in [0.15, 0.2) is 11.0 Å². The van der Waals surface area contributed by atoms with Gasteiger partial charge in [-0.15, -0.1) is 10.2 Å². The SMILES string of the molecule is CCn1c(SCC(=O)Nc2ccccc2OC)nnc1[C@H](C)NC(=O)c1ccc(F)cc1. The Labute approximate surface area is 189 Å². The quantitative estimate of drug-likeness (QED) is 0.476. The van der Waals surface area contributed by atoms with E-state index in [2.05, 4.69) is 20.8 Å². The predicted octanol–water partition coefficient (Wildman–Crippen LogP) is 3.67. The van der Waals surface area contributed by atoms with Crippen LogP contribution < -0.4 is 15.4 Å². The Morgan fingerprint density at radius 1 is 1.16 bits per heavy atom. The molecule has 1 atom stereocenters. The molecule has 2 amide bonds. The molecule has 168 valence electrons. The number of amides is 2. The summed E-state index contributed by atoms with van der Waals surface area (Å²) in [4.78, 5) is 24.8. The zero-order chi connectivity index (χ0) is 23.1. The van der Waals surface area contributed by atoms with Crippen molar-refractivity contribution in [3.8, 4) is 5.75 Å². The van der Waals surface area contributed by atoms with Crippen LogP contribution in [0.3, 0.4) is 0 Å². The molecule has 10 heteroatoms. The molecule has 1 heterocycles. The monoisotopic (exact) mass is 457 g/mol. The first-order chi connectivity index (χ1) is 15.4. The number of nitrogens with zero attached hydrogens (tertiary/aromatic N) is 3.